The van der Waals surface area contributed by atoms with E-state index in [1.54, 1.807) is 24.3 Å². The molecule has 4 nitrogen and oxygen atoms in total. The van der Waals surface area contributed by atoms with Gasteiger partial charge in [-0.1, -0.05) is 6.92 Å². The number of halogens is 1. The van der Waals surface area contributed by atoms with Crippen LogP contribution in [0.3, 0.4) is 0 Å². The number of hydrogen-bond donors (Lipinski definition) is 2. The van der Waals surface area contributed by atoms with Gasteiger partial charge in [0.25, 0.3) is 0 Å². The largest absolute Gasteiger partial charge is 0.317 e. The molecule has 17 heavy (non-hydrogen) atoms. The molecule has 0 radical (unpaired) electrons. The maximum absolute atomic E-state index is 11.8. The second kappa shape index (κ2) is 7.30. The minimum atomic E-state index is -3.35. The average molecular weight is 368 g/mol. The highest BCUT2D eigenvalue weighted by molar-refractivity contribution is 14.1. The Kier molecular flexibility index (Phi) is 6.39. The molecule has 0 aliphatic rings. The second-order valence-electron chi connectivity index (χ2n) is 3.56. The van der Waals surface area contributed by atoms with Crippen molar-refractivity contribution >= 4 is 32.6 Å². The smallest absolute Gasteiger partial charge is 0.240 e. The fourth-order valence-electron chi connectivity index (χ4n) is 1.29. The van der Waals surface area contributed by atoms with Crippen LogP contribution in [0.25, 0.3) is 0 Å². The Morgan fingerprint density at radius 2 is 1.82 bits per heavy atom. The van der Waals surface area contributed by atoms with Crippen molar-refractivity contribution in [3.8, 4) is 0 Å². The maximum atomic E-state index is 11.8. The Morgan fingerprint density at radius 1 is 1.18 bits per heavy atom. The fourth-order valence-corrected chi connectivity index (χ4v) is 2.73. The Balaban J connectivity index is 2.48. The summed E-state index contributed by atoms with van der Waals surface area (Å²) in [7, 11) is -3.35. The zero-order valence-electron chi connectivity index (χ0n) is 9.74. The van der Waals surface area contributed by atoms with Gasteiger partial charge in [-0.15, -0.1) is 0 Å². The highest BCUT2D eigenvalue weighted by Gasteiger charge is 2.12. The van der Waals surface area contributed by atoms with E-state index in [2.05, 4.69) is 32.6 Å². The Morgan fingerprint density at radius 3 is 2.41 bits per heavy atom. The molecule has 1 aromatic rings. The highest BCUT2D eigenvalue weighted by Crippen LogP contribution is 2.11. The van der Waals surface area contributed by atoms with Gasteiger partial charge in [0.05, 0.1) is 4.90 Å². The summed E-state index contributed by atoms with van der Waals surface area (Å²) in [5.74, 6) is 0. The Labute approximate surface area is 116 Å². The van der Waals surface area contributed by atoms with Gasteiger partial charge in [-0.3, -0.25) is 0 Å². The molecule has 0 unspecified atom stereocenters. The normalized spacial score (nSPS) is 11.6. The molecule has 6 heteroatoms. The highest BCUT2D eigenvalue weighted by atomic mass is 127. The lowest BCUT2D eigenvalue weighted by molar-refractivity contribution is 0.575. The summed E-state index contributed by atoms with van der Waals surface area (Å²) < 4.78 is 27.3. The molecule has 1 rings (SSSR count). The van der Waals surface area contributed by atoms with Crippen LogP contribution in [-0.2, 0) is 10.0 Å². The van der Waals surface area contributed by atoms with Gasteiger partial charge in [0.2, 0.25) is 10.0 Å². The van der Waals surface area contributed by atoms with E-state index in [0.717, 1.165) is 23.1 Å². The Bertz CT molecular complexity index is 431. The lowest BCUT2D eigenvalue weighted by Gasteiger charge is -2.07. The van der Waals surface area contributed by atoms with E-state index in [-0.39, 0.29) is 0 Å². The van der Waals surface area contributed by atoms with Gasteiger partial charge in [-0.05, 0) is 66.4 Å². The zero-order chi connectivity index (χ0) is 12.7. The van der Waals surface area contributed by atoms with Crippen molar-refractivity contribution in [3.05, 3.63) is 27.8 Å². The molecule has 2 N–H and O–H groups in total. The first-order chi connectivity index (χ1) is 8.06. The summed E-state index contributed by atoms with van der Waals surface area (Å²) in [6.45, 7) is 4.21. The van der Waals surface area contributed by atoms with E-state index in [9.17, 15) is 8.42 Å². The topological polar surface area (TPSA) is 58.2 Å². The minimum Gasteiger partial charge on any atom is -0.317 e. The summed E-state index contributed by atoms with van der Waals surface area (Å²) >= 11 is 2.15. The third kappa shape index (κ3) is 5.33. The van der Waals surface area contributed by atoms with Crippen molar-refractivity contribution in [1.82, 2.24) is 10.0 Å². The molecule has 0 atom stereocenters. The molecule has 96 valence electrons. The predicted octanol–water partition coefficient (Wildman–Crippen LogP) is 1.57. The average Bonchev–Trinajstić information content (AvgIpc) is 2.29. The molecule has 0 amide bonds. The van der Waals surface area contributed by atoms with Crippen LogP contribution in [0, 0.1) is 3.57 Å². The predicted molar refractivity (Wildman–Crippen MR) is 77.5 cm³/mol. The monoisotopic (exact) mass is 368 g/mol. The summed E-state index contributed by atoms with van der Waals surface area (Å²) in [6.07, 6.45) is 0.789. The van der Waals surface area contributed by atoms with Gasteiger partial charge in [0.15, 0.2) is 0 Å². The van der Waals surface area contributed by atoms with E-state index in [1.165, 1.54) is 0 Å². The van der Waals surface area contributed by atoms with Gasteiger partial charge in [-0.25, -0.2) is 13.1 Å². The summed E-state index contributed by atoms with van der Waals surface area (Å²) in [6, 6.07) is 6.81. The molecular formula is C11H17IN2O2S. The quantitative estimate of drug-likeness (QED) is 0.568. The molecule has 0 spiro atoms. The van der Waals surface area contributed by atoms with Crippen LogP contribution in [0.5, 0.6) is 0 Å². The summed E-state index contributed by atoms with van der Waals surface area (Å²) in [5, 5.41) is 3.15. The van der Waals surface area contributed by atoms with Gasteiger partial charge in [-0.2, -0.15) is 0 Å². The molecule has 0 aliphatic carbocycles. The van der Waals surface area contributed by atoms with E-state index in [0.29, 0.717) is 11.4 Å². The minimum absolute atomic E-state index is 0.321. The SMILES string of the molecule is CCNCCCNS(=O)(=O)c1ccc(I)cc1. The van der Waals surface area contributed by atoms with Crippen molar-refractivity contribution in [1.29, 1.82) is 0 Å². The van der Waals surface area contributed by atoms with Crippen LogP contribution in [0.1, 0.15) is 13.3 Å². The van der Waals surface area contributed by atoms with Crippen LogP contribution in [0.4, 0.5) is 0 Å². The first-order valence-corrected chi connectivity index (χ1v) is 8.08. The summed E-state index contributed by atoms with van der Waals surface area (Å²) in [5.41, 5.74) is 0. The Hall–Kier alpha value is -0.180. The molecule has 0 saturated heterocycles. The zero-order valence-corrected chi connectivity index (χ0v) is 12.7. The molecular weight excluding hydrogens is 351 g/mol. The molecule has 0 heterocycles. The van der Waals surface area contributed by atoms with Crippen molar-refractivity contribution in [2.45, 2.75) is 18.2 Å². The standard InChI is InChI=1S/C11H17IN2O2S/c1-2-13-8-3-9-14-17(15,16)11-6-4-10(12)5-7-11/h4-7,13-14H,2-3,8-9H2,1H3. The molecule has 1 aromatic carbocycles. The van der Waals surface area contributed by atoms with Crippen LogP contribution in [0.15, 0.2) is 29.2 Å². The number of hydrogen-bond acceptors (Lipinski definition) is 3. The van der Waals surface area contributed by atoms with Gasteiger partial charge < -0.3 is 5.32 Å². The van der Waals surface area contributed by atoms with Crippen molar-refractivity contribution < 1.29 is 8.42 Å². The van der Waals surface area contributed by atoms with E-state index in [1.807, 2.05) is 6.92 Å². The second-order valence-corrected chi connectivity index (χ2v) is 6.57. The van der Waals surface area contributed by atoms with Crippen molar-refractivity contribution in [2.24, 2.45) is 0 Å². The number of sulfonamides is 1. The molecule has 0 bridgehead atoms. The van der Waals surface area contributed by atoms with Crippen LogP contribution in [-0.4, -0.2) is 28.1 Å². The number of rotatable bonds is 7. The van der Waals surface area contributed by atoms with Crippen LogP contribution in [0.2, 0.25) is 0 Å². The fraction of sp³-hybridized carbons (Fsp3) is 0.455. The first kappa shape index (κ1) is 14.9. The lowest BCUT2D eigenvalue weighted by Crippen LogP contribution is -2.27. The maximum Gasteiger partial charge on any atom is 0.240 e. The molecule has 0 aromatic heterocycles. The molecule has 0 saturated carbocycles. The van der Waals surface area contributed by atoms with Crippen molar-refractivity contribution in [3.63, 3.8) is 0 Å². The first-order valence-electron chi connectivity index (χ1n) is 5.52. The van der Waals surface area contributed by atoms with E-state index >= 15 is 0 Å². The molecule has 0 fully saturated rings. The number of benzene rings is 1. The third-order valence-corrected chi connectivity index (χ3v) is 4.39. The van der Waals surface area contributed by atoms with E-state index in [4.69, 9.17) is 0 Å². The summed E-state index contributed by atoms with van der Waals surface area (Å²) in [4.78, 5) is 0.321. The van der Waals surface area contributed by atoms with Gasteiger partial charge in [0, 0.05) is 10.1 Å². The van der Waals surface area contributed by atoms with Gasteiger partial charge in [0.1, 0.15) is 0 Å². The molecule has 0 aliphatic heterocycles. The van der Waals surface area contributed by atoms with E-state index < -0.39 is 10.0 Å². The van der Waals surface area contributed by atoms with Gasteiger partial charge >= 0.3 is 0 Å². The number of nitrogens with one attached hydrogen (secondary N) is 2. The van der Waals surface area contributed by atoms with Crippen molar-refractivity contribution in [2.75, 3.05) is 19.6 Å². The van der Waals surface area contributed by atoms with Crippen LogP contribution >= 0.6 is 22.6 Å². The van der Waals surface area contributed by atoms with Crippen LogP contribution < -0.4 is 10.0 Å². The lowest BCUT2D eigenvalue weighted by atomic mass is 10.4. The third-order valence-electron chi connectivity index (χ3n) is 2.20.